The van der Waals surface area contributed by atoms with Gasteiger partial charge in [-0.3, -0.25) is 19.4 Å². The van der Waals surface area contributed by atoms with Gasteiger partial charge in [-0.1, -0.05) is 48.0 Å². The molecule has 0 atom stereocenters. The van der Waals surface area contributed by atoms with Gasteiger partial charge in [0.05, 0.1) is 16.8 Å². The smallest absolute Gasteiger partial charge is 0.263 e. The minimum atomic E-state index is -0.316. The molecule has 3 aromatic carbocycles. The van der Waals surface area contributed by atoms with Crippen molar-refractivity contribution in [2.75, 3.05) is 37.6 Å². The third-order valence-electron chi connectivity index (χ3n) is 6.73. The fourth-order valence-corrected chi connectivity index (χ4v) is 4.81. The van der Waals surface area contributed by atoms with Crippen LogP contribution in [0.15, 0.2) is 66.7 Å². The van der Waals surface area contributed by atoms with Crippen molar-refractivity contribution in [3.05, 3.63) is 100 Å². The second-order valence-corrected chi connectivity index (χ2v) is 9.09. The minimum Gasteiger partial charge on any atom is -0.368 e. The molecular formula is C28H28FN3O2. The van der Waals surface area contributed by atoms with E-state index in [-0.39, 0.29) is 24.2 Å². The van der Waals surface area contributed by atoms with Crippen LogP contribution in [-0.4, -0.2) is 54.3 Å². The molecule has 0 unspecified atom stereocenters. The summed E-state index contributed by atoms with van der Waals surface area (Å²) < 4.78 is 13.5. The van der Waals surface area contributed by atoms with Crippen molar-refractivity contribution in [3.8, 4) is 0 Å². The first-order valence-electron chi connectivity index (χ1n) is 11.8. The van der Waals surface area contributed by atoms with E-state index in [1.54, 1.807) is 12.1 Å². The van der Waals surface area contributed by atoms with E-state index in [1.807, 2.05) is 18.2 Å². The molecule has 34 heavy (non-hydrogen) atoms. The Morgan fingerprint density at radius 1 is 0.824 bits per heavy atom. The van der Waals surface area contributed by atoms with Gasteiger partial charge in [0.25, 0.3) is 11.8 Å². The third-order valence-corrected chi connectivity index (χ3v) is 6.73. The highest BCUT2D eigenvalue weighted by Gasteiger charge is 2.38. The van der Waals surface area contributed by atoms with E-state index >= 15 is 0 Å². The lowest BCUT2D eigenvalue weighted by Crippen LogP contribution is -2.46. The van der Waals surface area contributed by atoms with Crippen LogP contribution in [0.1, 0.15) is 37.4 Å². The molecule has 0 spiro atoms. The normalized spacial score (nSPS) is 16.3. The molecule has 2 aliphatic heterocycles. The Kier molecular flexibility index (Phi) is 6.16. The zero-order valence-electron chi connectivity index (χ0n) is 19.3. The molecular weight excluding hydrogens is 429 g/mol. The molecule has 174 valence electrons. The van der Waals surface area contributed by atoms with Crippen LogP contribution in [0.2, 0.25) is 0 Å². The number of carbonyl (C=O) groups is 2. The predicted octanol–water partition coefficient (Wildman–Crippen LogP) is 4.30. The van der Waals surface area contributed by atoms with Gasteiger partial charge in [-0.15, -0.1) is 0 Å². The molecule has 6 heteroatoms. The molecule has 5 rings (SSSR count). The first-order valence-corrected chi connectivity index (χ1v) is 11.8. The molecule has 0 bridgehead atoms. The van der Waals surface area contributed by atoms with Gasteiger partial charge in [0.2, 0.25) is 0 Å². The summed E-state index contributed by atoms with van der Waals surface area (Å²) in [6.07, 6.45) is 0.427. The number of hydrogen-bond acceptors (Lipinski definition) is 4. The molecule has 1 saturated heterocycles. The van der Waals surface area contributed by atoms with Crippen molar-refractivity contribution in [2.45, 2.75) is 19.9 Å². The van der Waals surface area contributed by atoms with Crippen LogP contribution in [0.25, 0.3) is 0 Å². The number of carbonyl (C=O) groups excluding carboxylic acids is 2. The molecule has 2 amide bonds. The lowest BCUT2D eigenvalue weighted by molar-refractivity contribution is 0.0656. The Morgan fingerprint density at radius 3 is 2.29 bits per heavy atom. The molecule has 0 saturated carbocycles. The fourth-order valence-electron chi connectivity index (χ4n) is 4.81. The number of aryl methyl sites for hydroxylation is 1. The summed E-state index contributed by atoms with van der Waals surface area (Å²) in [5, 5.41) is 0. The highest BCUT2D eigenvalue weighted by molar-refractivity contribution is 6.23. The molecule has 3 aromatic rings. The van der Waals surface area contributed by atoms with Crippen LogP contribution in [0.5, 0.6) is 0 Å². The molecule has 0 N–H and O–H groups in total. The highest BCUT2D eigenvalue weighted by atomic mass is 19.1. The van der Waals surface area contributed by atoms with Crippen LogP contribution in [0.3, 0.4) is 0 Å². The number of imide groups is 1. The van der Waals surface area contributed by atoms with E-state index in [0.717, 1.165) is 44.0 Å². The standard InChI is InChI=1S/C28H28FN3O2/c1-20-8-10-22(11-9-20)19-30-14-16-31(17-15-30)25-7-3-6-24-26(25)28(34)32(27(24)33)13-12-21-4-2-5-23(29)18-21/h2-11,18H,12-17,19H2,1H3. The molecule has 2 aliphatic rings. The van der Waals surface area contributed by atoms with Gasteiger partial charge < -0.3 is 4.90 Å². The number of halogens is 1. The van der Waals surface area contributed by atoms with Gasteiger partial charge in [-0.2, -0.15) is 0 Å². The van der Waals surface area contributed by atoms with Crippen LogP contribution in [0, 0.1) is 12.7 Å². The molecule has 2 heterocycles. The summed E-state index contributed by atoms with van der Waals surface area (Å²) in [6, 6.07) is 20.4. The molecule has 0 radical (unpaired) electrons. The average Bonchev–Trinajstić information content (AvgIpc) is 3.09. The molecule has 1 fully saturated rings. The Labute approximate surface area is 199 Å². The van der Waals surface area contributed by atoms with E-state index in [9.17, 15) is 14.0 Å². The number of hydrogen-bond donors (Lipinski definition) is 0. The van der Waals surface area contributed by atoms with E-state index < -0.39 is 0 Å². The fraction of sp³-hybridized carbons (Fsp3) is 0.286. The molecule has 0 aromatic heterocycles. The maximum absolute atomic E-state index is 13.5. The predicted molar refractivity (Wildman–Crippen MR) is 131 cm³/mol. The van der Waals surface area contributed by atoms with E-state index in [4.69, 9.17) is 0 Å². The Bertz CT molecular complexity index is 1220. The molecule has 5 nitrogen and oxygen atoms in total. The Morgan fingerprint density at radius 2 is 1.56 bits per heavy atom. The van der Waals surface area contributed by atoms with Gasteiger partial charge in [0, 0.05) is 39.3 Å². The van der Waals surface area contributed by atoms with Gasteiger partial charge in [-0.05, 0) is 48.7 Å². The van der Waals surface area contributed by atoms with Gasteiger partial charge in [0.1, 0.15) is 5.82 Å². The minimum absolute atomic E-state index is 0.236. The Hall–Kier alpha value is -3.51. The van der Waals surface area contributed by atoms with Crippen molar-refractivity contribution in [2.24, 2.45) is 0 Å². The monoisotopic (exact) mass is 457 g/mol. The average molecular weight is 458 g/mol. The highest BCUT2D eigenvalue weighted by Crippen LogP contribution is 2.32. The zero-order valence-corrected chi connectivity index (χ0v) is 19.3. The zero-order chi connectivity index (χ0) is 23.7. The largest absolute Gasteiger partial charge is 0.368 e. The van der Waals surface area contributed by atoms with Crippen molar-refractivity contribution in [3.63, 3.8) is 0 Å². The second-order valence-electron chi connectivity index (χ2n) is 9.09. The lowest BCUT2D eigenvalue weighted by atomic mass is 10.1. The van der Waals surface area contributed by atoms with Crippen molar-refractivity contribution in [1.82, 2.24) is 9.80 Å². The van der Waals surface area contributed by atoms with Crippen molar-refractivity contribution >= 4 is 17.5 Å². The summed E-state index contributed by atoms with van der Waals surface area (Å²) in [5.41, 5.74) is 5.12. The topological polar surface area (TPSA) is 43.9 Å². The maximum atomic E-state index is 13.5. The number of nitrogens with zero attached hydrogens (tertiary/aromatic N) is 3. The van der Waals surface area contributed by atoms with Crippen LogP contribution in [-0.2, 0) is 13.0 Å². The Balaban J connectivity index is 1.27. The first-order chi connectivity index (χ1) is 16.5. The lowest BCUT2D eigenvalue weighted by Gasteiger charge is -2.36. The first kappa shape index (κ1) is 22.3. The van der Waals surface area contributed by atoms with E-state index in [1.165, 1.54) is 28.2 Å². The number of rotatable bonds is 6. The summed E-state index contributed by atoms with van der Waals surface area (Å²) in [5.74, 6) is -0.839. The maximum Gasteiger partial charge on any atom is 0.263 e. The number of anilines is 1. The molecule has 0 aliphatic carbocycles. The van der Waals surface area contributed by atoms with Crippen molar-refractivity contribution in [1.29, 1.82) is 0 Å². The van der Waals surface area contributed by atoms with Crippen LogP contribution in [0.4, 0.5) is 10.1 Å². The van der Waals surface area contributed by atoms with Crippen LogP contribution < -0.4 is 4.90 Å². The third kappa shape index (κ3) is 4.46. The summed E-state index contributed by atoms with van der Waals surface area (Å²) in [6.45, 7) is 6.62. The van der Waals surface area contributed by atoms with Crippen LogP contribution >= 0.6 is 0 Å². The van der Waals surface area contributed by atoms with Crippen molar-refractivity contribution < 1.29 is 14.0 Å². The van der Waals surface area contributed by atoms with Gasteiger partial charge in [-0.25, -0.2) is 4.39 Å². The van der Waals surface area contributed by atoms with Gasteiger partial charge >= 0.3 is 0 Å². The summed E-state index contributed by atoms with van der Waals surface area (Å²) in [4.78, 5) is 32.2. The number of piperazine rings is 1. The number of amides is 2. The number of fused-ring (bicyclic) bond motifs is 1. The van der Waals surface area contributed by atoms with E-state index in [2.05, 4.69) is 41.0 Å². The quantitative estimate of drug-likeness (QED) is 0.518. The van der Waals surface area contributed by atoms with E-state index in [0.29, 0.717) is 17.5 Å². The van der Waals surface area contributed by atoms with Gasteiger partial charge in [0.15, 0.2) is 0 Å². The number of benzene rings is 3. The summed E-state index contributed by atoms with van der Waals surface area (Å²) >= 11 is 0. The second kappa shape index (κ2) is 9.39. The SMILES string of the molecule is Cc1ccc(CN2CCN(c3cccc4c3C(=O)N(CCc3cccc(F)c3)C4=O)CC2)cc1. The summed E-state index contributed by atoms with van der Waals surface area (Å²) in [7, 11) is 0.